The second kappa shape index (κ2) is 15.2. The van der Waals surface area contributed by atoms with Gasteiger partial charge in [0.1, 0.15) is 0 Å². The lowest BCUT2D eigenvalue weighted by atomic mass is 9.98. The Morgan fingerprint density at radius 1 is 0.258 bits per heavy atom. The molecule has 0 spiro atoms. The van der Waals surface area contributed by atoms with Crippen LogP contribution in [0.25, 0.3) is 73.4 Å². The molecule has 0 aliphatic heterocycles. The maximum Gasteiger partial charge on any atom is 0.0476 e. The summed E-state index contributed by atoms with van der Waals surface area (Å²) >= 11 is 3.73. The highest BCUT2D eigenvalue weighted by atomic mass is 32.1. The van der Waals surface area contributed by atoms with Gasteiger partial charge in [-0.1, -0.05) is 146 Å². The normalized spacial score (nSPS) is 11.5. The quantitative estimate of drug-likeness (QED) is 0.151. The van der Waals surface area contributed by atoms with Crippen LogP contribution in [0, 0.1) is 0 Å². The lowest BCUT2D eigenvalue weighted by Crippen LogP contribution is -2.09. The Labute approximate surface area is 368 Å². The number of fused-ring (bicyclic) bond motifs is 7. The van der Waals surface area contributed by atoms with E-state index in [0.29, 0.717) is 0 Å². The third-order valence-electron chi connectivity index (χ3n) is 12.1. The molecule has 0 atom stereocenters. The van der Waals surface area contributed by atoms with Crippen molar-refractivity contribution in [2.45, 2.75) is 0 Å². The van der Waals surface area contributed by atoms with Gasteiger partial charge in [0.25, 0.3) is 0 Å². The zero-order valence-electron chi connectivity index (χ0n) is 33.7. The molecule has 292 valence electrons. The van der Waals surface area contributed by atoms with Crippen molar-refractivity contribution >= 4 is 108 Å². The largest absolute Gasteiger partial charge is 0.310 e. The van der Waals surface area contributed by atoms with Gasteiger partial charge in [-0.3, -0.25) is 0 Å². The van der Waals surface area contributed by atoms with Crippen molar-refractivity contribution < 1.29 is 0 Å². The van der Waals surface area contributed by atoms with E-state index in [1.165, 1.54) is 73.4 Å². The second-order valence-electron chi connectivity index (χ2n) is 15.7. The van der Waals surface area contributed by atoms with Gasteiger partial charge in [0.15, 0.2) is 0 Å². The van der Waals surface area contributed by atoms with Crippen LogP contribution in [0.2, 0.25) is 0 Å². The van der Waals surface area contributed by atoms with Crippen molar-refractivity contribution in [1.82, 2.24) is 0 Å². The van der Waals surface area contributed by atoms with E-state index >= 15 is 0 Å². The molecule has 12 rings (SSSR count). The van der Waals surface area contributed by atoms with E-state index in [1.54, 1.807) is 0 Å². The van der Waals surface area contributed by atoms with E-state index in [4.69, 9.17) is 0 Å². The molecule has 0 saturated carbocycles. The number of thiophene rings is 2. The third-order valence-corrected chi connectivity index (χ3v) is 14.4. The van der Waals surface area contributed by atoms with Crippen molar-refractivity contribution in [2.75, 3.05) is 9.80 Å². The van der Waals surface area contributed by atoms with Gasteiger partial charge in [-0.2, -0.15) is 0 Å². The smallest absolute Gasteiger partial charge is 0.0476 e. The molecule has 0 aliphatic carbocycles. The Bertz CT molecular complexity index is 3530. The van der Waals surface area contributed by atoms with Crippen LogP contribution in [0.5, 0.6) is 0 Å². The molecule has 0 radical (unpaired) electrons. The van der Waals surface area contributed by atoms with Crippen LogP contribution in [0.1, 0.15) is 0 Å². The average molecular weight is 827 g/mol. The Kier molecular flexibility index (Phi) is 8.91. The highest BCUT2D eigenvalue weighted by molar-refractivity contribution is 7.26. The molecule has 0 aliphatic rings. The van der Waals surface area contributed by atoms with Gasteiger partial charge in [0, 0.05) is 74.5 Å². The van der Waals surface area contributed by atoms with Crippen LogP contribution >= 0.6 is 22.7 Å². The molecule has 0 fully saturated rings. The molecule has 0 saturated heterocycles. The minimum Gasteiger partial charge on any atom is -0.310 e. The van der Waals surface area contributed by atoms with Crippen molar-refractivity contribution in [3.63, 3.8) is 0 Å². The number of benzene rings is 10. The molecule has 2 nitrogen and oxygen atoms in total. The van der Waals surface area contributed by atoms with Gasteiger partial charge in [0.2, 0.25) is 0 Å². The Morgan fingerprint density at radius 2 is 0.742 bits per heavy atom. The minimum atomic E-state index is 1.11. The lowest BCUT2D eigenvalue weighted by Gasteiger charge is -2.26. The number of anilines is 6. The Morgan fingerprint density at radius 3 is 1.47 bits per heavy atom. The predicted octanol–water partition coefficient (Wildman–Crippen LogP) is 17.8. The van der Waals surface area contributed by atoms with Crippen molar-refractivity contribution in [3.05, 3.63) is 231 Å². The number of hydrogen-bond donors (Lipinski definition) is 0. The minimum absolute atomic E-state index is 1.11. The fourth-order valence-corrected chi connectivity index (χ4v) is 11.5. The first kappa shape index (κ1) is 36.4. The Hall–Kier alpha value is -7.50. The molecule has 0 N–H and O–H groups in total. The Balaban J connectivity index is 0.967. The number of rotatable bonds is 8. The number of nitrogens with zero attached hydrogens (tertiary/aromatic N) is 2. The van der Waals surface area contributed by atoms with E-state index < -0.39 is 0 Å². The van der Waals surface area contributed by atoms with Crippen molar-refractivity contribution in [2.24, 2.45) is 0 Å². The van der Waals surface area contributed by atoms with E-state index in [1.807, 2.05) is 22.7 Å². The summed E-state index contributed by atoms with van der Waals surface area (Å²) in [7, 11) is 0. The van der Waals surface area contributed by atoms with Crippen LogP contribution in [0.4, 0.5) is 34.1 Å². The van der Waals surface area contributed by atoms with Crippen molar-refractivity contribution in [3.8, 4) is 22.3 Å². The second-order valence-corrected chi connectivity index (χ2v) is 17.8. The van der Waals surface area contributed by atoms with E-state index in [2.05, 4.69) is 240 Å². The fourth-order valence-electron chi connectivity index (χ4n) is 9.11. The summed E-state index contributed by atoms with van der Waals surface area (Å²) in [6.07, 6.45) is 0. The SMILES string of the molecule is c1ccc(N(c2ccccc2)c2ccc3sc4cc(N(c5ccc(-c6cccc7ccccc67)cc5)c5ccc(-c6cccc7c6sc6ccccc67)cc5)ccc4c3c2)cc1. The molecular formula is C58H38N2S2. The van der Waals surface area contributed by atoms with E-state index in [0.717, 1.165) is 34.1 Å². The van der Waals surface area contributed by atoms with Crippen LogP contribution in [-0.4, -0.2) is 0 Å². The maximum atomic E-state index is 2.40. The fraction of sp³-hybridized carbons (Fsp3) is 0. The van der Waals surface area contributed by atoms with Gasteiger partial charge >= 0.3 is 0 Å². The summed E-state index contributed by atoms with van der Waals surface area (Å²) in [5, 5.41) is 7.67. The number of para-hydroxylation sites is 2. The first-order valence-electron chi connectivity index (χ1n) is 21.0. The topological polar surface area (TPSA) is 6.48 Å². The summed E-state index contributed by atoms with van der Waals surface area (Å²) < 4.78 is 5.18. The van der Waals surface area contributed by atoms with Gasteiger partial charge in [-0.05, 0) is 118 Å². The third kappa shape index (κ3) is 6.31. The molecule has 0 unspecified atom stereocenters. The first-order valence-corrected chi connectivity index (χ1v) is 22.6. The van der Waals surface area contributed by atoms with Gasteiger partial charge in [0.05, 0.1) is 0 Å². The van der Waals surface area contributed by atoms with Gasteiger partial charge in [-0.15, -0.1) is 22.7 Å². The number of hydrogen-bond acceptors (Lipinski definition) is 4. The molecule has 2 heterocycles. The zero-order chi connectivity index (χ0) is 41.0. The first-order chi connectivity index (χ1) is 30.7. The van der Waals surface area contributed by atoms with Crippen LogP contribution < -0.4 is 9.80 Å². The zero-order valence-corrected chi connectivity index (χ0v) is 35.3. The maximum absolute atomic E-state index is 2.40. The summed E-state index contributed by atoms with van der Waals surface area (Å²) in [4.78, 5) is 4.74. The van der Waals surface area contributed by atoms with Gasteiger partial charge in [-0.25, -0.2) is 0 Å². The average Bonchev–Trinajstić information content (AvgIpc) is 3.91. The summed E-state index contributed by atoms with van der Waals surface area (Å²) in [6.45, 7) is 0. The summed E-state index contributed by atoms with van der Waals surface area (Å²) in [5.41, 5.74) is 11.7. The molecule has 0 amide bonds. The lowest BCUT2D eigenvalue weighted by molar-refractivity contribution is 1.29. The van der Waals surface area contributed by atoms with Crippen LogP contribution in [0.3, 0.4) is 0 Å². The van der Waals surface area contributed by atoms with Crippen molar-refractivity contribution in [1.29, 1.82) is 0 Å². The van der Waals surface area contributed by atoms with Crippen LogP contribution in [0.15, 0.2) is 231 Å². The molecule has 0 bridgehead atoms. The summed E-state index contributed by atoms with van der Waals surface area (Å²) in [5.74, 6) is 0. The molecule has 12 aromatic rings. The predicted molar refractivity (Wildman–Crippen MR) is 270 cm³/mol. The highest BCUT2D eigenvalue weighted by Crippen LogP contribution is 2.45. The molecular weight excluding hydrogens is 789 g/mol. The molecule has 62 heavy (non-hydrogen) atoms. The monoisotopic (exact) mass is 826 g/mol. The summed E-state index contributed by atoms with van der Waals surface area (Å²) in [6, 6.07) is 84.0. The molecule has 2 aromatic heterocycles. The van der Waals surface area contributed by atoms with E-state index in [9.17, 15) is 0 Å². The van der Waals surface area contributed by atoms with Crippen LogP contribution in [-0.2, 0) is 0 Å². The molecule has 10 aromatic carbocycles. The molecule has 4 heteroatoms. The highest BCUT2D eigenvalue weighted by Gasteiger charge is 2.19. The van der Waals surface area contributed by atoms with Gasteiger partial charge < -0.3 is 9.80 Å². The standard InChI is InChI=1S/C58H38N2S2/c1-3-15-42(16-4-1)59(43-17-5-2-6-18-43)46-34-36-56-54(37-46)52-35-33-47(38-57(52)61-56)60(44-29-25-40(26-30-44)49-21-11-14-39-13-7-8-19-48(39)49)45-31-27-41(28-32-45)50-22-12-23-53-51-20-9-10-24-55(51)62-58(50)53/h1-38H. The van der Waals surface area contributed by atoms with E-state index in [-0.39, 0.29) is 0 Å².